The monoisotopic (exact) mass is 396 g/mol. The normalized spacial score (nSPS) is 15.3. The van der Waals surface area contributed by atoms with Crippen molar-refractivity contribution < 1.29 is 23.8 Å². The van der Waals surface area contributed by atoms with Crippen LogP contribution in [0.15, 0.2) is 30.3 Å². The van der Waals surface area contributed by atoms with Gasteiger partial charge in [-0.3, -0.25) is 4.79 Å². The van der Waals surface area contributed by atoms with Gasteiger partial charge in [0.25, 0.3) is 5.91 Å². The molecule has 0 bridgehead atoms. The van der Waals surface area contributed by atoms with Crippen molar-refractivity contribution in [3.8, 4) is 11.5 Å². The van der Waals surface area contributed by atoms with Crippen LogP contribution < -0.4 is 14.8 Å². The Labute approximate surface area is 159 Å². The van der Waals surface area contributed by atoms with Crippen molar-refractivity contribution in [3.63, 3.8) is 0 Å². The van der Waals surface area contributed by atoms with Gasteiger partial charge in [-0.15, -0.1) is 0 Å². The van der Waals surface area contributed by atoms with Crippen LogP contribution in [-0.4, -0.2) is 36.2 Å². The van der Waals surface area contributed by atoms with E-state index in [1.807, 2.05) is 0 Å². The average Bonchev–Trinajstić information content (AvgIpc) is 2.63. The highest BCUT2D eigenvalue weighted by Crippen LogP contribution is 2.31. The number of ether oxygens (including phenoxy) is 3. The van der Waals surface area contributed by atoms with E-state index in [1.165, 1.54) is 6.07 Å². The first-order valence-electron chi connectivity index (χ1n) is 7.61. The van der Waals surface area contributed by atoms with E-state index in [4.69, 9.17) is 37.4 Å². The van der Waals surface area contributed by atoms with E-state index in [-0.39, 0.29) is 17.4 Å². The van der Waals surface area contributed by atoms with Crippen molar-refractivity contribution in [2.24, 2.45) is 0 Å². The number of hydrogen-bond acceptors (Lipinski definition) is 6. The van der Waals surface area contributed by atoms with Crippen LogP contribution in [0.2, 0.25) is 10.0 Å². The summed E-state index contributed by atoms with van der Waals surface area (Å²) in [6, 6.07) is 8.43. The third-order valence-electron chi connectivity index (χ3n) is 3.48. The molecule has 0 aliphatic carbocycles. The minimum absolute atomic E-state index is 0.00122. The SMILES string of the molecule is Cc1nc(NC(=O)COC(=O)[C@H]2COc3ccccc3O2)c(Cl)cc1Cl. The molecule has 0 saturated carbocycles. The third-order valence-corrected chi connectivity index (χ3v) is 4.15. The van der Waals surface area contributed by atoms with Gasteiger partial charge in [0.1, 0.15) is 6.61 Å². The lowest BCUT2D eigenvalue weighted by Crippen LogP contribution is -2.39. The minimum Gasteiger partial charge on any atom is -0.485 e. The summed E-state index contributed by atoms with van der Waals surface area (Å²) >= 11 is 11.9. The summed E-state index contributed by atoms with van der Waals surface area (Å²) in [5.74, 6) is -0.167. The topological polar surface area (TPSA) is 86.8 Å². The highest BCUT2D eigenvalue weighted by molar-refractivity contribution is 6.36. The number of rotatable bonds is 4. The highest BCUT2D eigenvalue weighted by Gasteiger charge is 2.29. The summed E-state index contributed by atoms with van der Waals surface area (Å²) in [7, 11) is 0. The van der Waals surface area contributed by atoms with Crippen molar-refractivity contribution >= 4 is 40.9 Å². The predicted octanol–water partition coefficient (Wildman–Crippen LogP) is 3.02. The quantitative estimate of drug-likeness (QED) is 0.799. The maximum atomic E-state index is 12.1. The molecular weight excluding hydrogens is 383 g/mol. The molecule has 26 heavy (non-hydrogen) atoms. The molecule has 1 amide bonds. The standard InChI is InChI=1S/C17H14Cl2N2O5/c1-9-10(18)6-11(19)16(20-9)21-15(22)8-25-17(23)14-7-24-12-4-2-3-5-13(12)26-14/h2-6,14H,7-8H2,1H3,(H,20,21,22)/t14-/m1/s1. The largest absolute Gasteiger partial charge is 0.485 e. The van der Waals surface area contributed by atoms with Gasteiger partial charge in [0.05, 0.1) is 15.7 Å². The number of anilines is 1. The molecule has 1 atom stereocenters. The molecule has 0 fully saturated rings. The molecule has 1 aliphatic rings. The van der Waals surface area contributed by atoms with Crippen molar-refractivity contribution in [3.05, 3.63) is 46.1 Å². The maximum absolute atomic E-state index is 12.1. The Balaban J connectivity index is 1.53. The molecule has 2 aromatic rings. The molecule has 7 nitrogen and oxygen atoms in total. The number of carbonyl (C=O) groups is 2. The molecule has 1 N–H and O–H groups in total. The van der Waals surface area contributed by atoms with Crippen LogP contribution >= 0.6 is 23.2 Å². The fraction of sp³-hybridized carbons (Fsp3) is 0.235. The lowest BCUT2D eigenvalue weighted by atomic mass is 10.2. The number of nitrogens with one attached hydrogen (secondary N) is 1. The molecule has 1 aromatic carbocycles. The zero-order valence-electron chi connectivity index (χ0n) is 13.6. The van der Waals surface area contributed by atoms with Gasteiger partial charge in [0, 0.05) is 0 Å². The van der Waals surface area contributed by atoms with E-state index < -0.39 is 24.6 Å². The van der Waals surface area contributed by atoms with Crippen LogP contribution in [0.1, 0.15) is 5.69 Å². The van der Waals surface area contributed by atoms with E-state index in [1.54, 1.807) is 31.2 Å². The molecule has 0 radical (unpaired) electrons. The molecule has 1 aliphatic heterocycles. The zero-order valence-corrected chi connectivity index (χ0v) is 15.1. The van der Waals surface area contributed by atoms with Gasteiger partial charge >= 0.3 is 5.97 Å². The second-order valence-electron chi connectivity index (χ2n) is 5.41. The second kappa shape index (κ2) is 7.80. The smallest absolute Gasteiger partial charge is 0.351 e. The van der Waals surface area contributed by atoms with Gasteiger partial charge in [-0.25, -0.2) is 9.78 Å². The lowest BCUT2D eigenvalue weighted by molar-refractivity contribution is -0.156. The molecule has 0 saturated heterocycles. The van der Waals surface area contributed by atoms with Crippen molar-refractivity contribution in [1.29, 1.82) is 0 Å². The zero-order chi connectivity index (χ0) is 18.7. The molecule has 136 valence electrons. The Morgan fingerprint density at radius 2 is 2.00 bits per heavy atom. The second-order valence-corrected chi connectivity index (χ2v) is 6.22. The fourth-order valence-electron chi connectivity index (χ4n) is 2.18. The van der Waals surface area contributed by atoms with Crippen molar-refractivity contribution in [1.82, 2.24) is 4.98 Å². The summed E-state index contributed by atoms with van der Waals surface area (Å²) in [6.07, 6.45) is -0.947. The summed E-state index contributed by atoms with van der Waals surface area (Å²) < 4.78 is 15.9. The van der Waals surface area contributed by atoms with E-state index in [0.29, 0.717) is 22.2 Å². The van der Waals surface area contributed by atoms with Crippen LogP contribution in [0, 0.1) is 6.92 Å². The van der Waals surface area contributed by atoms with Gasteiger partial charge in [-0.1, -0.05) is 35.3 Å². The number of pyridine rings is 1. The van der Waals surface area contributed by atoms with Gasteiger partial charge in [-0.2, -0.15) is 0 Å². The number of aryl methyl sites for hydroxylation is 1. The molecule has 2 heterocycles. The van der Waals surface area contributed by atoms with Gasteiger partial charge in [0.2, 0.25) is 6.10 Å². The molecule has 0 spiro atoms. The molecular formula is C17H14Cl2N2O5. The van der Waals surface area contributed by atoms with Gasteiger partial charge in [0.15, 0.2) is 23.9 Å². The Kier molecular flexibility index (Phi) is 5.49. The molecule has 9 heteroatoms. The number of amides is 1. The summed E-state index contributed by atoms with van der Waals surface area (Å²) in [5, 5.41) is 3.03. The molecule has 3 rings (SSSR count). The Morgan fingerprint density at radius 1 is 1.27 bits per heavy atom. The van der Waals surface area contributed by atoms with E-state index >= 15 is 0 Å². The number of aromatic nitrogens is 1. The number of halogens is 2. The number of carbonyl (C=O) groups excluding carboxylic acids is 2. The van der Waals surface area contributed by atoms with E-state index in [0.717, 1.165) is 0 Å². The number of fused-ring (bicyclic) bond motifs is 1. The third kappa shape index (κ3) is 4.17. The average molecular weight is 397 g/mol. The van der Waals surface area contributed by atoms with Gasteiger partial charge in [-0.05, 0) is 25.1 Å². The summed E-state index contributed by atoms with van der Waals surface area (Å²) in [5.41, 5.74) is 0.509. The number of nitrogens with zero attached hydrogens (tertiary/aromatic N) is 1. The minimum atomic E-state index is -0.947. The fourth-order valence-corrected chi connectivity index (χ4v) is 2.59. The number of esters is 1. The number of para-hydroxylation sites is 2. The van der Waals surface area contributed by atoms with Crippen LogP contribution in [0.3, 0.4) is 0 Å². The van der Waals surface area contributed by atoms with Crippen LogP contribution in [0.5, 0.6) is 11.5 Å². The molecule has 1 aromatic heterocycles. The van der Waals surface area contributed by atoms with Gasteiger partial charge < -0.3 is 19.5 Å². The predicted molar refractivity (Wildman–Crippen MR) is 94.9 cm³/mol. The van der Waals surface area contributed by atoms with Crippen LogP contribution in [0.25, 0.3) is 0 Å². The molecule has 0 unspecified atom stereocenters. The summed E-state index contributed by atoms with van der Waals surface area (Å²) in [4.78, 5) is 28.1. The number of benzene rings is 1. The van der Waals surface area contributed by atoms with E-state index in [2.05, 4.69) is 10.3 Å². The first-order valence-corrected chi connectivity index (χ1v) is 8.37. The number of hydrogen-bond donors (Lipinski definition) is 1. The van der Waals surface area contributed by atoms with Crippen molar-refractivity contribution in [2.45, 2.75) is 13.0 Å². The van der Waals surface area contributed by atoms with Crippen LogP contribution in [0.4, 0.5) is 5.82 Å². The Bertz CT molecular complexity index is 859. The first kappa shape index (κ1) is 18.3. The lowest BCUT2D eigenvalue weighted by Gasteiger charge is -2.24. The maximum Gasteiger partial charge on any atom is 0.351 e. The summed E-state index contributed by atoms with van der Waals surface area (Å²) in [6.45, 7) is 1.16. The Morgan fingerprint density at radius 3 is 2.77 bits per heavy atom. The van der Waals surface area contributed by atoms with Crippen molar-refractivity contribution in [2.75, 3.05) is 18.5 Å². The van der Waals surface area contributed by atoms with E-state index in [9.17, 15) is 9.59 Å². The Hall–Kier alpha value is -2.51. The highest BCUT2D eigenvalue weighted by atomic mass is 35.5. The van der Waals surface area contributed by atoms with Crippen LogP contribution in [-0.2, 0) is 14.3 Å². The first-order chi connectivity index (χ1) is 12.4.